The largest absolute Gasteiger partial charge is 0.505 e. The summed E-state index contributed by atoms with van der Waals surface area (Å²) in [4.78, 5) is 21.7. The van der Waals surface area contributed by atoms with Crippen LogP contribution in [0.1, 0.15) is 19.3 Å². The highest BCUT2D eigenvalue weighted by molar-refractivity contribution is 5.93. The number of nitrogens with one attached hydrogen (secondary N) is 2. The molecule has 0 saturated carbocycles. The summed E-state index contributed by atoms with van der Waals surface area (Å²) >= 11 is 0. The standard InChI is InChI=1S/C21H19FN6O2/c22-14-11-12(8-9-17(14)29)18-26-19-13-5-1-2-6-15(13)24-21(28(19)27-18)25-16-7-3-4-10-23-20(16)30/h1-2,5-6,8-9,11,16,29H,3-4,7,10H2,(H,23,30)(H,24,25)/t16-/m1/s1. The molecule has 3 heterocycles. The zero-order valence-corrected chi connectivity index (χ0v) is 16.0. The lowest BCUT2D eigenvalue weighted by atomic mass is 10.1. The number of fused-ring (bicyclic) bond motifs is 3. The number of carbonyl (C=O) groups is 1. The fourth-order valence-electron chi connectivity index (χ4n) is 3.65. The molecule has 1 amide bonds. The maximum absolute atomic E-state index is 13.9. The zero-order valence-electron chi connectivity index (χ0n) is 16.0. The lowest BCUT2D eigenvalue weighted by Gasteiger charge is -2.16. The number of carbonyl (C=O) groups excluding carboxylic acids is 1. The number of nitrogens with zero attached hydrogens (tertiary/aromatic N) is 4. The highest BCUT2D eigenvalue weighted by Gasteiger charge is 2.23. The third-order valence-corrected chi connectivity index (χ3v) is 5.22. The van der Waals surface area contributed by atoms with Crippen LogP contribution >= 0.6 is 0 Å². The molecule has 1 fully saturated rings. The Bertz CT molecular complexity index is 1270. The molecule has 8 nitrogen and oxygen atoms in total. The molecule has 0 spiro atoms. The highest BCUT2D eigenvalue weighted by Crippen LogP contribution is 2.27. The fraction of sp³-hybridized carbons (Fsp3) is 0.238. The number of hydrogen-bond donors (Lipinski definition) is 3. The first-order valence-corrected chi connectivity index (χ1v) is 9.79. The molecule has 1 saturated heterocycles. The number of phenolic OH excluding ortho intramolecular Hbond substituents is 1. The number of aromatic hydroxyl groups is 1. The monoisotopic (exact) mass is 406 g/mol. The van der Waals surface area contributed by atoms with Crippen LogP contribution in [0.2, 0.25) is 0 Å². The predicted octanol–water partition coefficient (Wildman–Crippen LogP) is 2.87. The van der Waals surface area contributed by atoms with Gasteiger partial charge in [-0.25, -0.2) is 14.4 Å². The van der Waals surface area contributed by atoms with Crippen LogP contribution in [0.5, 0.6) is 5.75 Å². The minimum Gasteiger partial charge on any atom is -0.505 e. The molecule has 9 heteroatoms. The van der Waals surface area contributed by atoms with E-state index in [1.165, 1.54) is 12.1 Å². The number of para-hydroxylation sites is 1. The predicted molar refractivity (Wildman–Crippen MR) is 110 cm³/mol. The first-order valence-electron chi connectivity index (χ1n) is 9.79. The van der Waals surface area contributed by atoms with Gasteiger partial charge in [0, 0.05) is 17.5 Å². The topological polar surface area (TPSA) is 104 Å². The van der Waals surface area contributed by atoms with Gasteiger partial charge in [0.15, 0.2) is 23.0 Å². The Labute approximate surface area is 170 Å². The molecule has 0 unspecified atom stereocenters. The molecule has 1 aliphatic rings. The average molecular weight is 406 g/mol. The van der Waals surface area contributed by atoms with E-state index in [2.05, 4.69) is 25.7 Å². The Morgan fingerprint density at radius 3 is 2.90 bits per heavy atom. The second-order valence-electron chi connectivity index (χ2n) is 7.27. The van der Waals surface area contributed by atoms with Crippen LogP contribution in [0.25, 0.3) is 27.9 Å². The van der Waals surface area contributed by atoms with Crippen LogP contribution in [0, 0.1) is 5.82 Å². The lowest BCUT2D eigenvalue weighted by Crippen LogP contribution is -2.38. The summed E-state index contributed by atoms with van der Waals surface area (Å²) in [5, 5.41) is 20.9. The van der Waals surface area contributed by atoms with Crippen LogP contribution in [0.4, 0.5) is 10.3 Å². The highest BCUT2D eigenvalue weighted by atomic mass is 19.1. The molecule has 4 aromatic rings. The Balaban J connectivity index is 1.66. The van der Waals surface area contributed by atoms with E-state index < -0.39 is 17.6 Å². The van der Waals surface area contributed by atoms with E-state index in [1.807, 2.05) is 24.3 Å². The molecule has 30 heavy (non-hydrogen) atoms. The molecule has 0 aliphatic carbocycles. The number of halogens is 1. The van der Waals surface area contributed by atoms with Gasteiger partial charge in [0.1, 0.15) is 6.04 Å². The summed E-state index contributed by atoms with van der Waals surface area (Å²) in [5.74, 6) is -0.570. The summed E-state index contributed by atoms with van der Waals surface area (Å²) in [6.45, 7) is 0.664. The van der Waals surface area contributed by atoms with Crippen LogP contribution in [0.15, 0.2) is 42.5 Å². The van der Waals surface area contributed by atoms with Crippen molar-refractivity contribution >= 4 is 28.4 Å². The van der Waals surface area contributed by atoms with E-state index in [1.54, 1.807) is 10.6 Å². The molecular weight excluding hydrogens is 387 g/mol. The van der Waals surface area contributed by atoms with Crippen molar-refractivity contribution in [2.75, 3.05) is 11.9 Å². The third kappa shape index (κ3) is 3.18. The number of amides is 1. The van der Waals surface area contributed by atoms with Gasteiger partial charge in [0.05, 0.1) is 5.52 Å². The molecule has 2 aromatic carbocycles. The SMILES string of the molecule is O=C1NCCCC[C@H]1Nc1nc2ccccc2c2nc(-c3ccc(O)c(F)c3)nn12. The quantitative estimate of drug-likeness (QED) is 0.483. The number of benzene rings is 2. The molecule has 152 valence electrons. The van der Waals surface area contributed by atoms with Crippen LogP contribution < -0.4 is 10.6 Å². The number of rotatable bonds is 3. The van der Waals surface area contributed by atoms with Gasteiger partial charge in [-0.3, -0.25) is 4.79 Å². The van der Waals surface area contributed by atoms with Gasteiger partial charge in [-0.15, -0.1) is 5.10 Å². The van der Waals surface area contributed by atoms with Crippen LogP contribution in [0.3, 0.4) is 0 Å². The summed E-state index contributed by atoms with van der Waals surface area (Å²) in [6, 6.07) is 11.1. The summed E-state index contributed by atoms with van der Waals surface area (Å²) in [7, 11) is 0. The molecule has 3 N–H and O–H groups in total. The minimum absolute atomic E-state index is 0.0726. The van der Waals surface area contributed by atoms with Gasteiger partial charge in [-0.2, -0.15) is 4.52 Å². The Morgan fingerprint density at radius 2 is 2.03 bits per heavy atom. The average Bonchev–Trinajstić information content (AvgIpc) is 3.11. The van der Waals surface area contributed by atoms with Gasteiger partial charge in [0.25, 0.3) is 0 Å². The number of phenols is 1. The molecule has 0 radical (unpaired) electrons. The summed E-state index contributed by atoms with van der Waals surface area (Å²) < 4.78 is 15.4. The van der Waals surface area contributed by atoms with Gasteiger partial charge in [-0.1, -0.05) is 12.1 Å². The van der Waals surface area contributed by atoms with Gasteiger partial charge in [0.2, 0.25) is 11.9 Å². The summed E-state index contributed by atoms with van der Waals surface area (Å²) in [5.41, 5.74) is 1.68. The Hall–Kier alpha value is -3.75. The molecule has 1 atom stereocenters. The lowest BCUT2D eigenvalue weighted by molar-refractivity contribution is -0.121. The van der Waals surface area contributed by atoms with E-state index >= 15 is 0 Å². The normalized spacial score (nSPS) is 17.1. The van der Waals surface area contributed by atoms with Crippen LogP contribution in [-0.4, -0.2) is 43.2 Å². The maximum atomic E-state index is 13.9. The molecule has 0 bridgehead atoms. The zero-order chi connectivity index (χ0) is 20.7. The van der Waals surface area contributed by atoms with Crippen molar-refractivity contribution in [1.82, 2.24) is 24.9 Å². The van der Waals surface area contributed by atoms with Crippen molar-refractivity contribution in [3.05, 3.63) is 48.3 Å². The summed E-state index contributed by atoms with van der Waals surface area (Å²) in [6.07, 6.45) is 2.54. The smallest absolute Gasteiger partial charge is 0.242 e. The van der Waals surface area contributed by atoms with E-state index in [-0.39, 0.29) is 5.91 Å². The molecular formula is C21H19FN6O2. The maximum Gasteiger partial charge on any atom is 0.242 e. The van der Waals surface area contributed by atoms with E-state index in [0.29, 0.717) is 41.5 Å². The molecule has 2 aromatic heterocycles. The Kier molecular flexibility index (Phi) is 4.42. The van der Waals surface area contributed by atoms with Crippen molar-refractivity contribution in [2.24, 2.45) is 0 Å². The van der Waals surface area contributed by atoms with Gasteiger partial charge in [-0.05, 0) is 49.6 Å². The van der Waals surface area contributed by atoms with Crippen molar-refractivity contribution in [2.45, 2.75) is 25.3 Å². The number of hydrogen-bond acceptors (Lipinski definition) is 6. The molecule has 5 rings (SSSR count). The van der Waals surface area contributed by atoms with Crippen molar-refractivity contribution in [3.8, 4) is 17.1 Å². The van der Waals surface area contributed by atoms with Gasteiger partial charge < -0.3 is 15.7 Å². The van der Waals surface area contributed by atoms with E-state index in [0.717, 1.165) is 18.2 Å². The second-order valence-corrected chi connectivity index (χ2v) is 7.27. The van der Waals surface area contributed by atoms with Crippen molar-refractivity contribution in [1.29, 1.82) is 0 Å². The first-order chi connectivity index (χ1) is 14.6. The number of anilines is 1. The van der Waals surface area contributed by atoms with Gasteiger partial charge >= 0.3 is 0 Å². The van der Waals surface area contributed by atoms with E-state index in [9.17, 15) is 14.3 Å². The van der Waals surface area contributed by atoms with Crippen LogP contribution in [-0.2, 0) is 4.79 Å². The second kappa shape index (κ2) is 7.25. The van der Waals surface area contributed by atoms with Crippen molar-refractivity contribution < 1.29 is 14.3 Å². The first kappa shape index (κ1) is 18.3. The number of aromatic nitrogens is 4. The minimum atomic E-state index is -0.747. The molecule has 1 aliphatic heterocycles. The van der Waals surface area contributed by atoms with E-state index in [4.69, 9.17) is 0 Å². The fourth-order valence-corrected chi connectivity index (χ4v) is 3.65. The van der Waals surface area contributed by atoms with Crippen molar-refractivity contribution in [3.63, 3.8) is 0 Å². The Morgan fingerprint density at radius 1 is 1.17 bits per heavy atom. The third-order valence-electron chi connectivity index (χ3n) is 5.22.